The average Bonchev–Trinajstić information content (AvgIpc) is 1.67. The van der Waals surface area contributed by atoms with E-state index in [4.69, 9.17) is 0 Å². The maximum Gasteiger partial charge on any atom is 0.254 e. The molecule has 0 radical (unpaired) electrons. The molecule has 0 aliphatic carbocycles. The van der Waals surface area contributed by atoms with Gasteiger partial charge in [0.15, 0.2) is 6.17 Å². The maximum atomic E-state index is 11.9. The summed E-state index contributed by atoms with van der Waals surface area (Å²) in [4.78, 5) is 10.3. The van der Waals surface area contributed by atoms with E-state index in [2.05, 4.69) is 5.32 Å². The molecule has 0 aromatic heterocycles. The number of rotatable bonds is 2. The van der Waals surface area contributed by atoms with Crippen LogP contribution < -0.4 is 5.32 Å². The van der Waals surface area contributed by atoms with Crippen LogP contribution in [0.25, 0.3) is 0 Å². The number of amides is 1. The molecule has 0 aliphatic rings. The van der Waals surface area contributed by atoms with Gasteiger partial charge in [0.05, 0.1) is 0 Å². The van der Waals surface area contributed by atoms with Gasteiger partial charge >= 0.3 is 0 Å². The number of nitrogens with one attached hydrogen (secondary N) is 1. The molecule has 0 aromatic carbocycles. The predicted octanol–water partition coefficient (Wildman–Crippen LogP) is 0.481. The number of halogens is 1. The Morgan fingerprint density at radius 2 is 2.38 bits per heavy atom. The van der Waals surface area contributed by atoms with Gasteiger partial charge in [-0.1, -0.05) is 0 Å². The van der Waals surface area contributed by atoms with Crippen molar-refractivity contribution >= 4 is 5.91 Å². The Hall–Kier alpha value is -0.600. The minimum absolute atomic E-state index is 0.493. The highest BCUT2D eigenvalue weighted by Crippen LogP contribution is 1.84. The molecule has 0 saturated carbocycles. The Morgan fingerprint density at radius 1 is 1.88 bits per heavy atom. The largest absolute Gasteiger partial charge is 0.354 e. The molecule has 2 nitrogen and oxygen atoms in total. The minimum Gasteiger partial charge on any atom is -0.354 e. The number of hydrogen-bond acceptors (Lipinski definition) is 1. The van der Waals surface area contributed by atoms with E-state index in [0.717, 1.165) is 0 Å². The summed E-state index contributed by atoms with van der Waals surface area (Å²) in [7, 11) is 0. The molecular formula is C5H10FNO. The number of alkyl halides is 1. The van der Waals surface area contributed by atoms with Crippen molar-refractivity contribution < 1.29 is 9.18 Å². The van der Waals surface area contributed by atoms with Gasteiger partial charge in [-0.3, -0.25) is 4.79 Å². The third kappa shape index (κ3) is 2.55. The van der Waals surface area contributed by atoms with Crippen molar-refractivity contribution in [3.63, 3.8) is 0 Å². The highest BCUT2D eigenvalue weighted by atomic mass is 19.1. The maximum absolute atomic E-state index is 11.9. The summed E-state index contributed by atoms with van der Waals surface area (Å²) in [5.74, 6) is -0.535. The summed E-state index contributed by atoms with van der Waals surface area (Å²) in [6.07, 6.45) is -1.38. The van der Waals surface area contributed by atoms with E-state index in [1.807, 2.05) is 0 Å². The van der Waals surface area contributed by atoms with Gasteiger partial charge in [0.2, 0.25) is 0 Å². The second-order valence-corrected chi connectivity index (χ2v) is 1.51. The van der Waals surface area contributed by atoms with Crippen molar-refractivity contribution in [3.05, 3.63) is 0 Å². The summed E-state index contributed by atoms with van der Waals surface area (Å²) in [5.41, 5.74) is 0. The second kappa shape index (κ2) is 3.41. The van der Waals surface area contributed by atoms with Gasteiger partial charge in [0, 0.05) is 6.54 Å². The summed E-state index contributed by atoms with van der Waals surface area (Å²) < 4.78 is 11.9. The Kier molecular flexibility index (Phi) is 3.15. The van der Waals surface area contributed by atoms with Crippen molar-refractivity contribution in [2.75, 3.05) is 6.54 Å². The molecule has 48 valence electrons. The Balaban J connectivity index is 3.33. The Labute approximate surface area is 48.1 Å². The summed E-state index contributed by atoms with van der Waals surface area (Å²) >= 11 is 0. The van der Waals surface area contributed by atoms with Crippen molar-refractivity contribution in [2.45, 2.75) is 20.0 Å². The first-order valence-electron chi connectivity index (χ1n) is 2.60. The van der Waals surface area contributed by atoms with E-state index in [-0.39, 0.29) is 0 Å². The molecule has 1 N–H and O–H groups in total. The SMILES string of the molecule is CCNC(=O)C(C)F. The monoisotopic (exact) mass is 119 g/mol. The zero-order chi connectivity index (χ0) is 6.57. The van der Waals surface area contributed by atoms with E-state index in [9.17, 15) is 9.18 Å². The summed E-state index contributed by atoms with van der Waals surface area (Å²) in [6, 6.07) is 0. The second-order valence-electron chi connectivity index (χ2n) is 1.51. The molecule has 1 unspecified atom stereocenters. The van der Waals surface area contributed by atoms with E-state index in [1.54, 1.807) is 6.92 Å². The zero-order valence-electron chi connectivity index (χ0n) is 5.07. The van der Waals surface area contributed by atoms with E-state index in [0.29, 0.717) is 6.54 Å². The van der Waals surface area contributed by atoms with Crippen LogP contribution in [0.15, 0.2) is 0 Å². The van der Waals surface area contributed by atoms with E-state index < -0.39 is 12.1 Å². The number of carbonyl (C=O) groups excluding carboxylic acids is 1. The van der Waals surface area contributed by atoms with Gasteiger partial charge in [-0.2, -0.15) is 0 Å². The fourth-order valence-corrected chi connectivity index (χ4v) is 0.315. The lowest BCUT2D eigenvalue weighted by Gasteiger charge is -1.99. The normalized spacial score (nSPS) is 12.9. The fraction of sp³-hybridized carbons (Fsp3) is 0.800. The van der Waals surface area contributed by atoms with Gasteiger partial charge < -0.3 is 5.32 Å². The molecule has 1 atom stereocenters. The quantitative estimate of drug-likeness (QED) is 0.562. The van der Waals surface area contributed by atoms with Crippen LogP contribution in [0.2, 0.25) is 0 Å². The topological polar surface area (TPSA) is 29.1 Å². The van der Waals surface area contributed by atoms with E-state index in [1.165, 1.54) is 6.92 Å². The molecule has 3 heteroatoms. The standard InChI is InChI=1S/C5H10FNO/c1-3-7-5(8)4(2)6/h4H,3H2,1-2H3,(H,7,8). The highest BCUT2D eigenvalue weighted by molar-refractivity contribution is 5.79. The van der Waals surface area contributed by atoms with Crippen LogP contribution >= 0.6 is 0 Å². The molecule has 0 spiro atoms. The van der Waals surface area contributed by atoms with Crippen molar-refractivity contribution in [1.82, 2.24) is 5.32 Å². The molecule has 0 aromatic rings. The first-order chi connectivity index (χ1) is 3.68. The Morgan fingerprint density at radius 3 is 2.50 bits per heavy atom. The van der Waals surface area contributed by atoms with Gasteiger partial charge in [0.25, 0.3) is 5.91 Å². The van der Waals surface area contributed by atoms with Gasteiger partial charge in [-0.25, -0.2) is 4.39 Å². The molecule has 0 rings (SSSR count). The van der Waals surface area contributed by atoms with Gasteiger partial charge in [0.1, 0.15) is 0 Å². The Bertz CT molecular complexity index is 82.5. The molecule has 0 aliphatic heterocycles. The minimum atomic E-state index is -1.38. The molecule has 1 amide bonds. The van der Waals surface area contributed by atoms with Crippen molar-refractivity contribution in [2.24, 2.45) is 0 Å². The molecule has 0 heterocycles. The van der Waals surface area contributed by atoms with Crippen molar-refractivity contribution in [1.29, 1.82) is 0 Å². The number of hydrogen-bond donors (Lipinski definition) is 1. The van der Waals surface area contributed by atoms with Crippen LogP contribution in [0.4, 0.5) is 4.39 Å². The lowest BCUT2D eigenvalue weighted by atomic mass is 10.4. The smallest absolute Gasteiger partial charge is 0.254 e. The van der Waals surface area contributed by atoms with Gasteiger partial charge in [-0.15, -0.1) is 0 Å². The molecule has 0 bridgehead atoms. The van der Waals surface area contributed by atoms with Crippen molar-refractivity contribution in [3.8, 4) is 0 Å². The predicted molar refractivity (Wildman–Crippen MR) is 29.3 cm³/mol. The van der Waals surface area contributed by atoms with Crippen LogP contribution in [0.5, 0.6) is 0 Å². The zero-order valence-corrected chi connectivity index (χ0v) is 5.07. The highest BCUT2D eigenvalue weighted by Gasteiger charge is 2.06. The molecule has 0 fully saturated rings. The summed E-state index contributed by atoms with van der Waals surface area (Å²) in [5, 5.41) is 2.33. The van der Waals surface area contributed by atoms with Crippen LogP contribution in [-0.4, -0.2) is 18.6 Å². The van der Waals surface area contributed by atoms with Crippen LogP contribution in [-0.2, 0) is 4.79 Å². The molecule has 0 saturated heterocycles. The number of carbonyl (C=O) groups is 1. The summed E-state index contributed by atoms with van der Waals surface area (Å²) in [6.45, 7) is 3.46. The fourth-order valence-electron chi connectivity index (χ4n) is 0.315. The molecular weight excluding hydrogens is 109 g/mol. The van der Waals surface area contributed by atoms with Crippen LogP contribution in [0.1, 0.15) is 13.8 Å². The molecule has 8 heavy (non-hydrogen) atoms. The first kappa shape index (κ1) is 7.40. The van der Waals surface area contributed by atoms with Crippen LogP contribution in [0.3, 0.4) is 0 Å². The lowest BCUT2D eigenvalue weighted by Crippen LogP contribution is -2.29. The third-order valence-electron chi connectivity index (χ3n) is 0.712. The van der Waals surface area contributed by atoms with Crippen LogP contribution in [0, 0.1) is 0 Å². The van der Waals surface area contributed by atoms with E-state index >= 15 is 0 Å². The first-order valence-corrected chi connectivity index (χ1v) is 2.60. The van der Waals surface area contributed by atoms with Gasteiger partial charge in [-0.05, 0) is 13.8 Å². The lowest BCUT2D eigenvalue weighted by molar-refractivity contribution is -0.125. The third-order valence-corrected chi connectivity index (χ3v) is 0.712. The average molecular weight is 119 g/mol.